The summed E-state index contributed by atoms with van der Waals surface area (Å²) in [5.41, 5.74) is 3.29. The molecule has 3 aromatic carbocycles. The van der Waals surface area contributed by atoms with Crippen LogP contribution in [0, 0.1) is 0 Å². The number of carbonyl (C=O) groups is 2. The van der Waals surface area contributed by atoms with Gasteiger partial charge >= 0.3 is 0 Å². The summed E-state index contributed by atoms with van der Waals surface area (Å²) in [4.78, 5) is 31.2. The molecule has 2 atom stereocenters. The van der Waals surface area contributed by atoms with Crippen molar-refractivity contribution in [3.63, 3.8) is 0 Å². The quantitative estimate of drug-likeness (QED) is 0.315. The summed E-state index contributed by atoms with van der Waals surface area (Å²) in [6, 6.07) is 27.8. The highest BCUT2D eigenvalue weighted by atomic mass is 35.5. The zero-order valence-electron chi connectivity index (χ0n) is 24.5. The monoisotopic (exact) mass is 600 g/mol. The van der Waals surface area contributed by atoms with Gasteiger partial charge in [-0.25, -0.2) is 0 Å². The average Bonchev–Trinajstić information content (AvgIpc) is 3.20. The smallest absolute Gasteiger partial charge is 0.244 e. The molecule has 2 unspecified atom stereocenters. The molecule has 7 nitrogen and oxygen atoms in total. The number of hydrogen-bond acceptors (Lipinski definition) is 5. The van der Waals surface area contributed by atoms with Gasteiger partial charge in [-0.1, -0.05) is 84.4 Å². The van der Waals surface area contributed by atoms with Gasteiger partial charge in [0.2, 0.25) is 11.8 Å². The molecule has 43 heavy (non-hydrogen) atoms. The summed E-state index contributed by atoms with van der Waals surface area (Å²) < 4.78 is 5.52. The largest absolute Gasteiger partial charge is 0.379 e. The van der Waals surface area contributed by atoms with E-state index in [2.05, 4.69) is 64.1 Å². The summed E-state index contributed by atoms with van der Waals surface area (Å²) in [6.45, 7) is 5.72. The van der Waals surface area contributed by atoms with Crippen molar-refractivity contribution in [2.24, 2.45) is 0 Å². The van der Waals surface area contributed by atoms with Crippen LogP contribution in [-0.4, -0.2) is 86.2 Å². The van der Waals surface area contributed by atoms with E-state index in [1.165, 1.54) is 17.2 Å². The van der Waals surface area contributed by atoms with Gasteiger partial charge in [0.05, 0.1) is 19.3 Å². The van der Waals surface area contributed by atoms with Gasteiger partial charge in [-0.05, 0) is 47.7 Å². The highest BCUT2D eigenvalue weighted by molar-refractivity contribution is 6.30. The third-order valence-electron chi connectivity index (χ3n) is 8.26. The van der Waals surface area contributed by atoms with Crippen molar-refractivity contribution in [3.05, 3.63) is 113 Å². The minimum absolute atomic E-state index is 0.0246. The fourth-order valence-electron chi connectivity index (χ4n) is 5.79. The molecule has 2 aliphatic heterocycles. The summed E-state index contributed by atoms with van der Waals surface area (Å²) in [7, 11) is 0. The minimum Gasteiger partial charge on any atom is -0.379 e. The predicted molar refractivity (Wildman–Crippen MR) is 172 cm³/mol. The number of rotatable bonds is 11. The molecule has 2 amide bonds. The summed E-state index contributed by atoms with van der Waals surface area (Å²) in [6.07, 6.45) is 4.77. The van der Waals surface area contributed by atoms with Gasteiger partial charge in [0.25, 0.3) is 0 Å². The standard InChI is InChI=1S/C35H41ClN4O3/c36-30-14-11-27(12-15-30)13-16-34(41)37-25-31-17-20-40(35(42)33(38-31)18-19-39-21-23-43-24-22-39)26-32(28-7-3-1-4-8-28)29-9-5-2-6-10-29/h1-16,31-33,38H,17-26H2,(H,37,41)/b16-13+. The topological polar surface area (TPSA) is 73.9 Å². The molecule has 2 heterocycles. The first kappa shape index (κ1) is 31.0. The number of ether oxygens (including phenoxy) is 1. The number of amides is 2. The molecular formula is C35H41ClN4O3. The second kappa shape index (κ2) is 15.8. The van der Waals surface area contributed by atoms with Crippen LogP contribution in [0.4, 0.5) is 0 Å². The van der Waals surface area contributed by atoms with Crippen LogP contribution in [0.5, 0.6) is 0 Å². The lowest BCUT2D eigenvalue weighted by Gasteiger charge is -2.31. The molecule has 0 radical (unpaired) electrons. The summed E-state index contributed by atoms with van der Waals surface area (Å²) in [5, 5.41) is 7.32. The second-order valence-electron chi connectivity index (χ2n) is 11.2. The number of benzene rings is 3. The van der Waals surface area contributed by atoms with Crippen LogP contribution < -0.4 is 10.6 Å². The van der Waals surface area contributed by atoms with E-state index < -0.39 is 0 Å². The fraction of sp³-hybridized carbons (Fsp3) is 0.371. The molecule has 0 aromatic heterocycles. The van der Waals surface area contributed by atoms with Crippen LogP contribution in [0.1, 0.15) is 35.4 Å². The highest BCUT2D eigenvalue weighted by Crippen LogP contribution is 2.27. The van der Waals surface area contributed by atoms with Crippen LogP contribution >= 0.6 is 11.6 Å². The number of carbonyl (C=O) groups excluding carboxylic acids is 2. The van der Waals surface area contributed by atoms with Gasteiger partial charge in [0, 0.05) is 62.3 Å². The number of morpholine rings is 1. The number of hydrogen-bond donors (Lipinski definition) is 2. The second-order valence-corrected chi connectivity index (χ2v) is 11.7. The lowest BCUT2D eigenvalue weighted by atomic mass is 9.90. The number of halogens is 1. The van der Waals surface area contributed by atoms with E-state index in [1.54, 1.807) is 18.2 Å². The summed E-state index contributed by atoms with van der Waals surface area (Å²) in [5.74, 6) is 0.0318. The van der Waals surface area contributed by atoms with Gasteiger partial charge in [-0.15, -0.1) is 0 Å². The molecule has 8 heteroatoms. The molecule has 0 saturated carbocycles. The number of nitrogens with zero attached hydrogens (tertiary/aromatic N) is 2. The van der Waals surface area contributed by atoms with E-state index in [0.717, 1.165) is 44.8 Å². The van der Waals surface area contributed by atoms with Crippen LogP contribution in [0.15, 0.2) is 91.0 Å². The van der Waals surface area contributed by atoms with E-state index in [9.17, 15) is 9.59 Å². The van der Waals surface area contributed by atoms with E-state index >= 15 is 0 Å². The minimum atomic E-state index is -0.330. The zero-order valence-corrected chi connectivity index (χ0v) is 25.3. The molecule has 0 bridgehead atoms. The maximum absolute atomic E-state index is 14.1. The Morgan fingerprint density at radius 2 is 1.60 bits per heavy atom. The Balaban J connectivity index is 1.28. The third-order valence-corrected chi connectivity index (χ3v) is 8.51. The SMILES string of the molecule is O=C(/C=C/c1ccc(Cl)cc1)NCC1CCN(CC(c2ccccc2)c2ccccc2)C(=O)C(CCN2CCOCC2)N1. The van der Waals surface area contributed by atoms with Gasteiger partial charge in [-0.2, -0.15) is 0 Å². The first-order chi connectivity index (χ1) is 21.0. The van der Waals surface area contributed by atoms with Crippen molar-refractivity contribution in [2.75, 3.05) is 52.5 Å². The lowest BCUT2D eigenvalue weighted by molar-refractivity contribution is -0.133. The first-order valence-corrected chi connectivity index (χ1v) is 15.6. The molecule has 2 N–H and O–H groups in total. The Morgan fingerprint density at radius 3 is 2.26 bits per heavy atom. The average molecular weight is 601 g/mol. The molecular weight excluding hydrogens is 560 g/mol. The van der Waals surface area contributed by atoms with Gasteiger partial charge in [-0.3, -0.25) is 14.5 Å². The molecule has 0 aliphatic carbocycles. The van der Waals surface area contributed by atoms with Gasteiger partial charge in [0.1, 0.15) is 0 Å². The summed E-state index contributed by atoms with van der Waals surface area (Å²) >= 11 is 5.97. The predicted octanol–water partition coefficient (Wildman–Crippen LogP) is 4.58. The van der Waals surface area contributed by atoms with Crippen molar-refractivity contribution >= 4 is 29.5 Å². The van der Waals surface area contributed by atoms with Crippen LogP contribution in [0.3, 0.4) is 0 Å². The number of nitrogens with one attached hydrogen (secondary N) is 2. The Morgan fingerprint density at radius 1 is 0.953 bits per heavy atom. The third kappa shape index (κ3) is 9.25. The molecule has 2 aliphatic rings. The van der Waals surface area contributed by atoms with E-state index in [-0.39, 0.29) is 29.8 Å². The van der Waals surface area contributed by atoms with Gasteiger partial charge < -0.3 is 20.3 Å². The van der Waals surface area contributed by atoms with Crippen molar-refractivity contribution in [1.29, 1.82) is 0 Å². The molecule has 5 rings (SSSR count). The zero-order chi connectivity index (χ0) is 29.9. The normalized spacial score (nSPS) is 20.0. The van der Waals surface area contributed by atoms with Crippen LogP contribution in [0.2, 0.25) is 5.02 Å². The van der Waals surface area contributed by atoms with Crippen molar-refractivity contribution in [3.8, 4) is 0 Å². The molecule has 2 saturated heterocycles. The fourth-order valence-corrected chi connectivity index (χ4v) is 5.92. The van der Waals surface area contributed by atoms with E-state index in [1.807, 2.05) is 29.2 Å². The van der Waals surface area contributed by atoms with Crippen molar-refractivity contribution in [1.82, 2.24) is 20.4 Å². The highest BCUT2D eigenvalue weighted by Gasteiger charge is 2.33. The molecule has 3 aromatic rings. The molecule has 226 valence electrons. The Bertz CT molecular complexity index is 1290. The van der Waals surface area contributed by atoms with Crippen molar-refractivity contribution < 1.29 is 14.3 Å². The van der Waals surface area contributed by atoms with E-state index in [4.69, 9.17) is 16.3 Å². The maximum atomic E-state index is 14.1. The van der Waals surface area contributed by atoms with Crippen molar-refractivity contribution in [2.45, 2.75) is 30.8 Å². The Labute approximate surface area is 259 Å². The van der Waals surface area contributed by atoms with Gasteiger partial charge in [0.15, 0.2) is 0 Å². The molecule has 2 fully saturated rings. The first-order valence-electron chi connectivity index (χ1n) is 15.2. The van der Waals surface area contributed by atoms with Crippen LogP contribution in [-0.2, 0) is 14.3 Å². The lowest BCUT2D eigenvalue weighted by Crippen LogP contribution is -2.50. The van der Waals surface area contributed by atoms with E-state index in [0.29, 0.717) is 31.1 Å². The maximum Gasteiger partial charge on any atom is 0.244 e. The van der Waals surface area contributed by atoms with Crippen LogP contribution in [0.25, 0.3) is 6.08 Å². The Kier molecular flexibility index (Phi) is 11.4. The Hall–Kier alpha value is -3.49. The molecule has 0 spiro atoms.